The van der Waals surface area contributed by atoms with E-state index in [0.717, 1.165) is 67.3 Å². The zero-order chi connectivity index (χ0) is 30.9. The number of amides is 8. The Kier molecular flexibility index (Phi) is 7.06. The summed E-state index contributed by atoms with van der Waals surface area (Å²) in [6.07, 6.45) is 5.30. The molecule has 2 saturated heterocycles. The van der Waals surface area contributed by atoms with E-state index in [1.807, 2.05) is 25.1 Å². The first-order valence-corrected chi connectivity index (χ1v) is 15.8. The molecule has 2 aliphatic heterocycles. The Morgan fingerprint density at radius 2 is 1.14 bits per heavy atom. The number of nitrogens with zero attached hydrogens (tertiary/aromatic N) is 4. The lowest BCUT2D eigenvalue weighted by Crippen LogP contribution is -2.52. The normalized spacial score (nSPS) is 18.1. The van der Waals surface area contributed by atoms with Crippen molar-refractivity contribution in [1.29, 1.82) is 0 Å². The zero-order valence-corrected chi connectivity index (χ0v) is 26.4. The van der Waals surface area contributed by atoms with Crippen molar-refractivity contribution >= 4 is 81.9 Å². The molecule has 1 aliphatic carbocycles. The molecule has 220 valence electrons. The molecule has 8 amide bonds. The van der Waals surface area contributed by atoms with Gasteiger partial charge < -0.3 is 0 Å². The first-order valence-electron chi connectivity index (χ1n) is 13.4. The van der Waals surface area contributed by atoms with Crippen LogP contribution in [0.25, 0.3) is 31.7 Å². The highest BCUT2D eigenvalue weighted by Crippen LogP contribution is 2.52. The van der Waals surface area contributed by atoms with Crippen molar-refractivity contribution in [3.63, 3.8) is 0 Å². The predicted molar refractivity (Wildman–Crippen MR) is 165 cm³/mol. The minimum Gasteiger partial charge on any atom is -0.268 e. The Morgan fingerprint density at radius 1 is 0.628 bits per heavy atom. The number of carbonyl (C=O) groups excluding carboxylic acids is 6. The van der Waals surface area contributed by atoms with Gasteiger partial charge in [0.25, 0.3) is 23.6 Å². The fourth-order valence-corrected chi connectivity index (χ4v) is 8.63. The van der Waals surface area contributed by atoms with Crippen LogP contribution in [0, 0.1) is 6.92 Å². The lowest BCUT2D eigenvalue weighted by molar-refractivity contribution is -0.135. The van der Waals surface area contributed by atoms with Crippen LogP contribution in [-0.2, 0) is 19.2 Å². The summed E-state index contributed by atoms with van der Waals surface area (Å²) in [6.45, 7) is 1.99. The van der Waals surface area contributed by atoms with E-state index in [-0.39, 0.29) is 11.1 Å². The van der Waals surface area contributed by atoms with E-state index in [0.29, 0.717) is 5.92 Å². The Hall–Kier alpha value is -4.20. The summed E-state index contributed by atoms with van der Waals surface area (Å²) in [5.74, 6) is -2.04. The molecule has 3 aromatic heterocycles. The van der Waals surface area contributed by atoms with Gasteiger partial charge in [0.1, 0.15) is 11.1 Å². The maximum Gasteiger partial charge on any atom is 0.333 e. The Bertz CT molecular complexity index is 1790. The fraction of sp³-hybridized carbons (Fsp3) is 0.267. The third kappa shape index (κ3) is 4.86. The summed E-state index contributed by atoms with van der Waals surface area (Å²) in [5, 5.41) is 0. The van der Waals surface area contributed by atoms with E-state index in [2.05, 4.69) is 6.07 Å². The van der Waals surface area contributed by atoms with Crippen molar-refractivity contribution in [3.05, 3.63) is 56.3 Å². The molecule has 6 rings (SSSR count). The lowest BCUT2D eigenvalue weighted by Gasteiger charge is -2.28. The number of imide groups is 4. The van der Waals surface area contributed by atoms with Crippen LogP contribution >= 0.6 is 34.0 Å². The molecule has 0 atom stereocenters. The summed E-state index contributed by atoms with van der Waals surface area (Å²) in [5.41, 5.74) is 2.15. The highest BCUT2D eigenvalue weighted by atomic mass is 32.1. The Labute approximate surface area is 259 Å². The number of aryl methyl sites for hydroxylation is 1. The molecular weight excluding hydrogens is 609 g/mol. The SMILES string of the molecule is Cc1cc(C=C2C(=O)N(C)C(=O)N(C)C2=O)sc1-c1cc(C2CC2)c(-c2ccc(C=C3C(=O)N(C)C(=O)N(C)C3=O)s2)s1. The number of rotatable bonds is 5. The van der Waals surface area contributed by atoms with Crippen LogP contribution < -0.4 is 0 Å². The lowest BCUT2D eigenvalue weighted by atomic mass is 10.1. The number of carbonyl (C=O) groups is 6. The van der Waals surface area contributed by atoms with Crippen LogP contribution in [0.3, 0.4) is 0 Å². The van der Waals surface area contributed by atoms with Crippen molar-refractivity contribution in [2.24, 2.45) is 0 Å². The molecule has 0 bridgehead atoms. The summed E-state index contributed by atoms with van der Waals surface area (Å²) in [7, 11) is 5.42. The van der Waals surface area contributed by atoms with Gasteiger partial charge in [0.05, 0.1) is 0 Å². The largest absolute Gasteiger partial charge is 0.333 e. The van der Waals surface area contributed by atoms with E-state index >= 15 is 0 Å². The predicted octanol–water partition coefficient (Wildman–Crippen LogP) is 5.26. The second kappa shape index (κ2) is 10.5. The molecule has 13 heteroatoms. The molecule has 0 unspecified atom stereocenters. The minimum atomic E-state index is -0.659. The molecule has 0 N–H and O–H groups in total. The molecule has 10 nitrogen and oxygen atoms in total. The molecule has 3 fully saturated rings. The number of likely N-dealkylation sites (N-methyl/N-ethyl adjacent to an activating group) is 4. The highest BCUT2D eigenvalue weighted by Gasteiger charge is 2.39. The Balaban J connectivity index is 1.33. The standard InChI is InChI=1S/C30H26N4O6S3/c1-14-10-17(12-20-27(37)33(4)30(40)34(5)28(20)38)42-23(14)22-13-18(15-6-7-15)24(43-22)21-9-8-16(41-21)11-19-25(35)31(2)29(39)32(3)26(19)36/h8-13,15H,6-7H2,1-5H3. The molecule has 0 aromatic carbocycles. The van der Waals surface area contributed by atoms with Gasteiger partial charge in [0.15, 0.2) is 0 Å². The van der Waals surface area contributed by atoms with Gasteiger partial charge in [-0.3, -0.25) is 38.8 Å². The van der Waals surface area contributed by atoms with Crippen LogP contribution in [0.1, 0.15) is 39.6 Å². The van der Waals surface area contributed by atoms with Gasteiger partial charge in [-0.25, -0.2) is 9.59 Å². The molecular formula is C30H26N4O6S3. The van der Waals surface area contributed by atoms with Crippen molar-refractivity contribution in [2.75, 3.05) is 28.2 Å². The Morgan fingerprint density at radius 3 is 1.65 bits per heavy atom. The van der Waals surface area contributed by atoms with Crippen molar-refractivity contribution < 1.29 is 28.8 Å². The van der Waals surface area contributed by atoms with Crippen LogP contribution in [0.15, 0.2) is 35.4 Å². The molecule has 43 heavy (non-hydrogen) atoms. The molecule has 3 aliphatic rings. The number of hydrogen-bond donors (Lipinski definition) is 0. The first kappa shape index (κ1) is 28.9. The quantitative estimate of drug-likeness (QED) is 0.280. The smallest absolute Gasteiger partial charge is 0.268 e. The fourth-order valence-electron chi connectivity index (χ4n) is 5.02. The molecule has 3 aromatic rings. The molecule has 5 heterocycles. The number of barbiturate groups is 2. The minimum absolute atomic E-state index is 0.0557. The van der Waals surface area contributed by atoms with Crippen molar-refractivity contribution in [3.8, 4) is 19.5 Å². The second-order valence-corrected chi connectivity index (χ2v) is 13.9. The van der Waals surface area contributed by atoms with Gasteiger partial charge in [-0.05, 0) is 73.2 Å². The maximum absolute atomic E-state index is 12.7. The van der Waals surface area contributed by atoms with Crippen LogP contribution in [0.5, 0.6) is 0 Å². The molecule has 0 radical (unpaired) electrons. The van der Waals surface area contributed by atoms with E-state index in [1.165, 1.54) is 56.4 Å². The van der Waals surface area contributed by atoms with E-state index in [1.54, 1.807) is 23.5 Å². The van der Waals surface area contributed by atoms with E-state index < -0.39 is 35.7 Å². The average molecular weight is 635 g/mol. The van der Waals surface area contributed by atoms with Gasteiger partial charge in [-0.15, -0.1) is 34.0 Å². The van der Waals surface area contributed by atoms with Crippen LogP contribution in [-0.4, -0.2) is 83.5 Å². The second-order valence-electron chi connectivity index (χ2n) is 10.7. The summed E-state index contributed by atoms with van der Waals surface area (Å²) in [6, 6.07) is 6.69. The third-order valence-corrected chi connectivity index (χ3v) is 11.4. The zero-order valence-electron chi connectivity index (χ0n) is 23.9. The van der Waals surface area contributed by atoms with Gasteiger partial charge in [0, 0.05) is 57.5 Å². The van der Waals surface area contributed by atoms with Gasteiger partial charge >= 0.3 is 12.1 Å². The maximum atomic E-state index is 12.7. The molecule has 1 saturated carbocycles. The van der Waals surface area contributed by atoms with Crippen LogP contribution in [0.2, 0.25) is 0 Å². The van der Waals surface area contributed by atoms with Crippen LogP contribution in [0.4, 0.5) is 9.59 Å². The van der Waals surface area contributed by atoms with Gasteiger partial charge in [-0.1, -0.05) is 0 Å². The van der Waals surface area contributed by atoms with Crippen molar-refractivity contribution in [1.82, 2.24) is 19.6 Å². The summed E-state index contributed by atoms with van der Waals surface area (Å²) < 4.78 is 0. The monoisotopic (exact) mass is 634 g/mol. The van der Waals surface area contributed by atoms with Gasteiger partial charge in [-0.2, -0.15) is 0 Å². The topological polar surface area (TPSA) is 115 Å². The number of urea groups is 2. The summed E-state index contributed by atoms with van der Waals surface area (Å²) >= 11 is 4.62. The van der Waals surface area contributed by atoms with Crippen molar-refractivity contribution in [2.45, 2.75) is 25.7 Å². The van der Waals surface area contributed by atoms with E-state index in [9.17, 15) is 28.8 Å². The third-order valence-electron chi connectivity index (χ3n) is 7.65. The number of hydrogen-bond acceptors (Lipinski definition) is 9. The average Bonchev–Trinajstić information content (AvgIpc) is 3.39. The van der Waals surface area contributed by atoms with E-state index in [4.69, 9.17) is 0 Å². The highest BCUT2D eigenvalue weighted by molar-refractivity contribution is 7.27. The molecule has 0 spiro atoms. The summed E-state index contributed by atoms with van der Waals surface area (Å²) in [4.78, 5) is 84.4. The number of thiophene rings is 3. The first-order chi connectivity index (χ1) is 20.4. The van der Waals surface area contributed by atoms with Gasteiger partial charge in [0.2, 0.25) is 0 Å².